The van der Waals surface area contributed by atoms with Crippen LogP contribution in [-0.2, 0) is 4.79 Å². The fraction of sp³-hybridized carbons (Fsp3) is 0.750. The summed E-state index contributed by atoms with van der Waals surface area (Å²) in [6.07, 6.45) is 9.53. The molecule has 0 heterocycles. The monoisotopic (exact) mass is 196 g/mol. The van der Waals surface area contributed by atoms with Crippen LogP contribution in [0.4, 0.5) is 0 Å². The van der Waals surface area contributed by atoms with E-state index in [2.05, 4.69) is 6.58 Å². The van der Waals surface area contributed by atoms with Crippen LogP contribution >= 0.6 is 0 Å². The zero-order valence-electron chi connectivity index (χ0n) is 8.74. The number of aliphatic carboxylic acids is 1. The van der Waals surface area contributed by atoms with Crippen molar-refractivity contribution in [2.24, 2.45) is 11.8 Å². The van der Waals surface area contributed by atoms with Gasteiger partial charge in [0.05, 0.1) is 5.92 Å². The fourth-order valence-electron chi connectivity index (χ4n) is 2.32. The molecule has 0 spiro atoms. The molecule has 1 saturated carbocycles. The normalized spacial score (nSPS) is 20.3. The summed E-state index contributed by atoms with van der Waals surface area (Å²) < 4.78 is 0. The Labute approximate surface area is 86.0 Å². The van der Waals surface area contributed by atoms with Crippen LogP contribution in [0.3, 0.4) is 0 Å². The van der Waals surface area contributed by atoms with Gasteiger partial charge in [-0.3, -0.25) is 4.79 Å². The van der Waals surface area contributed by atoms with E-state index in [1.807, 2.05) is 0 Å². The van der Waals surface area contributed by atoms with Crippen molar-refractivity contribution >= 4 is 5.97 Å². The lowest BCUT2D eigenvalue weighted by Crippen LogP contribution is -2.18. The fourth-order valence-corrected chi connectivity index (χ4v) is 2.32. The van der Waals surface area contributed by atoms with Gasteiger partial charge in [0, 0.05) is 0 Å². The standard InChI is InChI=1S/C12H20O2/c1-2-6-11(12(13)14)9-10-7-4-3-5-8-10/h2,10-11H,1,3-9H2,(H,13,14)/t11-/m1/s1. The van der Waals surface area contributed by atoms with Crippen molar-refractivity contribution in [3.05, 3.63) is 12.7 Å². The Hall–Kier alpha value is -0.790. The minimum Gasteiger partial charge on any atom is -0.481 e. The molecule has 1 aliphatic rings. The predicted molar refractivity (Wildman–Crippen MR) is 57.1 cm³/mol. The Morgan fingerprint density at radius 1 is 1.43 bits per heavy atom. The Kier molecular flexibility index (Phi) is 4.71. The zero-order valence-corrected chi connectivity index (χ0v) is 8.74. The van der Waals surface area contributed by atoms with Crippen LogP contribution in [0, 0.1) is 11.8 Å². The number of carbonyl (C=O) groups is 1. The Morgan fingerprint density at radius 2 is 2.07 bits per heavy atom. The molecule has 1 N–H and O–H groups in total. The highest BCUT2D eigenvalue weighted by molar-refractivity contribution is 5.70. The number of carboxylic acid groups (broad SMARTS) is 1. The highest BCUT2D eigenvalue weighted by atomic mass is 16.4. The third kappa shape index (κ3) is 3.52. The van der Waals surface area contributed by atoms with E-state index in [4.69, 9.17) is 5.11 Å². The molecule has 0 aromatic heterocycles. The third-order valence-corrected chi connectivity index (χ3v) is 3.14. The van der Waals surface area contributed by atoms with Crippen molar-refractivity contribution in [3.63, 3.8) is 0 Å². The quantitative estimate of drug-likeness (QED) is 0.685. The summed E-state index contributed by atoms with van der Waals surface area (Å²) in [7, 11) is 0. The van der Waals surface area contributed by atoms with Gasteiger partial charge in [0.15, 0.2) is 0 Å². The summed E-state index contributed by atoms with van der Waals surface area (Å²) in [5, 5.41) is 8.99. The molecule has 0 radical (unpaired) electrons. The van der Waals surface area contributed by atoms with Crippen molar-refractivity contribution in [1.29, 1.82) is 0 Å². The number of rotatable bonds is 5. The van der Waals surface area contributed by atoms with E-state index in [1.165, 1.54) is 32.1 Å². The molecule has 1 atom stereocenters. The maximum atomic E-state index is 10.9. The van der Waals surface area contributed by atoms with Crippen molar-refractivity contribution in [3.8, 4) is 0 Å². The molecule has 80 valence electrons. The van der Waals surface area contributed by atoms with Crippen LogP contribution in [0.1, 0.15) is 44.9 Å². The molecule has 1 rings (SSSR count). The molecule has 1 aliphatic carbocycles. The SMILES string of the molecule is C=CC[C@H](CC1CCCCC1)C(=O)O. The molecule has 1 fully saturated rings. The zero-order chi connectivity index (χ0) is 10.4. The molecule has 2 nitrogen and oxygen atoms in total. The van der Waals surface area contributed by atoms with Crippen LogP contribution in [0.25, 0.3) is 0 Å². The largest absolute Gasteiger partial charge is 0.481 e. The molecule has 2 heteroatoms. The smallest absolute Gasteiger partial charge is 0.306 e. The van der Waals surface area contributed by atoms with Crippen molar-refractivity contribution in [2.45, 2.75) is 44.9 Å². The molecule has 0 saturated heterocycles. The highest BCUT2D eigenvalue weighted by Crippen LogP contribution is 2.30. The van der Waals surface area contributed by atoms with Crippen LogP contribution in [0.2, 0.25) is 0 Å². The first-order valence-electron chi connectivity index (χ1n) is 5.57. The van der Waals surface area contributed by atoms with Gasteiger partial charge in [0.25, 0.3) is 0 Å². The minimum absolute atomic E-state index is 0.199. The van der Waals surface area contributed by atoms with E-state index in [9.17, 15) is 4.79 Å². The Morgan fingerprint density at radius 3 is 2.57 bits per heavy atom. The molecule has 0 bridgehead atoms. The average Bonchev–Trinajstić information content (AvgIpc) is 2.18. The van der Waals surface area contributed by atoms with E-state index < -0.39 is 5.97 Å². The molecule has 0 aromatic rings. The van der Waals surface area contributed by atoms with Gasteiger partial charge in [-0.05, 0) is 18.8 Å². The number of hydrogen-bond donors (Lipinski definition) is 1. The first-order valence-corrected chi connectivity index (χ1v) is 5.57. The van der Waals surface area contributed by atoms with E-state index in [-0.39, 0.29) is 5.92 Å². The first kappa shape index (κ1) is 11.3. The molecular formula is C12H20O2. The van der Waals surface area contributed by atoms with Crippen molar-refractivity contribution < 1.29 is 9.90 Å². The number of allylic oxidation sites excluding steroid dienone is 1. The van der Waals surface area contributed by atoms with E-state index in [0.29, 0.717) is 12.3 Å². The Bertz CT molecular complexity index is 192. The minimum atomic E-state index is -0.657. The number of hydrogen-bond acceptors (Lipinski definition) is 1. The first-order chi connectivity index (χ1) is 6.74. The molecule has 0 aliphatic heterocycles. The predicted octanol–water partition coefficient (Wildman–Crippen LogP) is 3.23. The summed E-state index contributed by atoms with van der Waals surface area (Å²) in [4.78, 5) is 10.9. The lowest BCUT2D eigenvalue weighted by Gasteiger charge is -2.23. The summed E-state index contributed by atoms with van der Waals surface area (Å²) in [5.41, 5.74) is 0. The van der Waals surface area contributed by atoms with Gasteiger partial charge >= 0.3 is 5.97 Å². The van der Waals surface area contributed by atoms with E-state index >= 15 is 0 Å². The van der Waals surface area contributed by atoms with Crippen LogP contribution in [-0.4, -0.2) is 11.1 Å². The van der Waals surface area contributed by atoms with Gasteiger partial charge in [-0.25, -0.2) is 0 Å². The second-order valence-corrected chi connectivity index (χ2v) is 4.30. The van der Waals surface area contributed by atoms with Crippen LogP contribution in [0.15, 0.2) is 12.7 Å². The third-order valence-electron chi connectivity index (χ3n) is 3.14. The number of carboxylic acids is 1. The topological polar surface area (TPSA) is 37.3 Å². The molecule has 0 aromatic carbocycles. The van der Waals surface area contributed by atoms with E-state index in [1.54, 1.807) is 6.08 Å². The van der Waals surface area contributed by atoms with Crippen molar-refractivity contribution in [2.75, 3.05) is 0 Å². The summed E-state index contributed by atoms with van der Waals surface area (Å²) in [6.45, 7) is 3.61. The summed E-state index contributed by atoms with van der Waals surface area (Å²) >= 11 is 0. The van der Waals surface area contributed by atoms with Gasteiger partial charge in [-0.15, -0.1) is 6.58 Å². The summed E-state index contributed by atoms with van der Waals surface area (Å²) in [5.74, 6) is -0.212. The maximum Gasteiger partial charge on any atom is 0.306 e. The average molecular weight is 196 g/mol. The molecule has 14 heavy (non-hydrogen) atoms. The molecule has 0 amide bonds. The van der Waals surface area contributed by atoms with Crippen LogP contribution in [0.5, 0.6) is 0 Å². The molecule has 0 unspecified atom stereocenters. The lowest BCUT2D eigenvalue weighted by atomic mass is 9.82. The highest BCUT2D eigenvalue weighted by Gasteiger charge is 2.22. The van der Waals surface area contributed by atoms with Gasteiger partial charge < -0.3 is 5.11 Å². The van der Waals surface area contributed by atoms with Gasteiger partial charge in [0.1, 0.15) is 0 Å². The van der Waals surface area contributed by atoms with Gasteiger partial charge in [-0.2, -0.15) is 0 Å². The molecular weight excluding hydrogens is 176 g/mol. The second kappa shape index (κ2) is 5.84. The summed E-state index contributed by atoms with van der Waals surface area (Å²) in [6, 6.07) is 0. The second-order valence-electron chi connectivity index (χ2n) is 4.30. The lowest BCUT2D eigenvalue weighted by molar-refractivity contribution is -0.142. The van der Waals surface area contributed by atoms with Gasteiger partial charge in [-0.1, -0.05) is 38.2 Å². The van der Waals surface area contributed by atoms with Crippen molar-refractivity contribution in [1.82, 2.24) is 0 Å². The van der Waals surface area contributed by atoms with E-state index in [0.717, 1.165) is 6.42 Å². The maximum absolute atomic E-state index is 10.9. The van der Waals surface area contributed by atoms with Crippen LogP contribution < -0.4 is 0 Å². The Balaban J connectivity index is 2.36. The van der Waals surface area contributed by atoms with Gasteiger partial charge in [0.2, 0.25) is 0 Å².